The highest BCUT2D eigenvalue weighted by molar-refractivity contribution is 5.79. The largest absolute Gasteiger partial charge is 0.508 e. The van der Waals surface area contributed by atoms with E-state index >= 15 is 0 Å². The van der Waals surface area contributed by atoms with E-state index in [1.54, 1.807) is 30.5 Å². The van der Waals surface area contributed by atoms with Gasteiger partial charge in [0.05, 0.1) is 11.4 Å². The van der Waals surface area contributed by atoms with E-state index < -0.39 is 0 Å². The van der Waals surface area contributed by atoms with E-state index in [0.717, 1.165) is 16.7 Å². The molecule has 0 aromatic heterocycles. The summed E-state index contributed by atoms with van der Waals surface area (Å²) in [4.78, 5) is 0. The van der Waals surface area contributed by atoms with E-state index in [1.807, 2.05) is 71.9 Å². The lowest BCUT2D eigenvalue weighted by Gasteiger charge is -2.19. The summed E-state index contributed by atoms with van der Waals surface area (Å²) in [6, 6.07) is 3.62. The first-order chi connectivity index (χ1) is 14.4. The maximum absolute atomic E-state index is 9.98. The van der Waals surface area contributed by atoms with Crippen LogP contribution in [0.1, 0.15) is 58.2 Å². The van der Waals surface area contributed by atoms with Gasteiger partial charge in [-0.1, -0.05) is 90.0 Å². The monoisotopic (exact) mass is 409 g/mol. The van der Waals surface area contributed by atoms with Gasteiger partial charge in [0.1, 0.15) is 5.76 Å². The Labute approximate surface area is 183 Å². The maximum atomic E-state index is 9.98. The molecule has 1 rings (SSSR count). The van der Waals surface area contributed by atoms with Gasteiger partial charge >= 0.3 is 0 Å². The number of aliphatic hydroxyl groups excluding tert-OH is 1. The minimum absolute atomic E-state index is 0.0467. The number of nitrogens with two attached hydrogens (primary N) is 2. The van der Waals surface area contributed by atoms with E-state index in [0.29, 0.717) is 16.9 Å². The summed E-state index contributed by atoms with van der Waals surface area (Å²) in [6.07, 6.45) is 14.3. The first-order valence-corrected chi connectivity index (χ1v) is 10.2. The molecule has 0 aliphatic rings. The van der Waals surface area contributed by atoms with Crippen LogP contribution < -0.4 is 16.6 Å². The summed E-state index contributed by atoms with van der Waals surface area (Å²) in [5, 5.41) is 11.4. The van der Waals surface area contributed by atoms with Crippen molar-refractivity contribution in [3.8, 4) is 0 Å². The van der Waals surface area contributed by atoms with E-state index in [1.165, 1.54) is 5.01 Å². The number of hydrazine groups is 1. The molecule has 0 unspecified atom stereocenters. The van der Waals surface area contributed by atoms with Crippen molar-refractivity contribution in [1.82, 2.24) is 0 Å². The van der Waals surface area contributed by atoms with Crippen molar-refractivity contribution < 1.29 is 5.11 Å². The number of rotatable bonds is 8. The second-order valence-electron chi connectivity index (χ2n) is 5.50. The Kier molecular flexibility index (Phi) is 16.1. The Balaban J connectivity index is 0. The lowest BCUT2D eigenvalue weighted by Crippen LogP contribution is -2.26. The van der Waals surface area contributed by atoms with Crippen LogP contribution in [0.3, 0.4) is 0 Å². The van der Waals surface area contributed by atoms with Crippen molar-refractivity contribution in [2.45, 2.75) is 41.5 Å². The van der Waals surface area contributed by atoms with Crippen LogP contribution in [0.25, 0.3) is 17.9 Å². The van der Waals surface area contributed by atoms with Crippen LogP contribution in [-0.2, 0) is 0 Å². The average Bonchev–Trinajstić information content (AvgIpc) is 2.76. The number of nitrogens with zero attached hydrogens (tertiary/aromatic N) is 1. The van der Waals surface area contributed by atoms with Crippen LogP contribution in [0, 0.1) is 0 Å². The van der Waals surface area contributed by atoms with E-state index in [2.05, 4.69) is 19.7 Å². The van der Waals surface area contributed by atoms with Gasteiger partial charge in [-0.3, -0.25) is 5.01 Å². The smallest absolute Gasteiger partial charge is 0.116 e. The van der Waals surface area contributed by atoms with Crippen LogP contribution in [-0.4, -0.2) is 5.11 Å². The van der Waals surface area contributed by atoms with Crippen LogP contribution in [0.15, 0.2) is 79.7 Å². The summed E-state index contributed by atoms with van der Waals surface area (Å²) in [6.45, 7) is 23.0. The number of anilines is 1. The van der Waals surface area contributed by atoms with Gasteiger partial charge in [-0.2, -0.15) is 0 Å². The molecule has 0 saturated carbocycles. The minimum atomic E-state index is -0.0467. The van der Waals surface area contributed by atoms with Crippen molar-refractivity contribution in [3.05, 3.63) is 96.4 Å². The molecule has 0 heterocycles. The summed E-state index contributed by atoms with van der Waals surface area (Å²) >= 11 is 0. The molecule has 0 aliphatic heterocycles. The van der Waals surface area contributed by atoms with Crippen LogP contribution >= 0.6 is 0 Å². The molecular formula is C26H39N3O. The molecule has 0 radical (unpaired) electrons. The predicted octanol–water partition coefficient (Wildman–Crippen LogP) is 7.11. The summed E-state index contributed by atoms with van der Waals surface area (Å²) in [5.74, 6) is 6.13. The zero-order valence-electron chi connectivity index (χ0n) is 19.4. The van der Waals surface area contributed by atoms with Crippen LogP contribution in [0.2, 0.25) is 0 Å². The molecule has 0 bridgehead atoms. The van der Waals surface area contributed by atoms with Crippen LogP contribution in [0.4, 0.5) is 5.69 Å². The van der Waals surface area contributed by atoms with E-state index in [9.17, 15) is 5.11 Å². The number of aliphatic hydroxyl groups is 1. The van der Waals surface area contributed by atoms with Crippen molar-refractivity contribution in [2.24, 2.45) is 11.6 Å². The van der Waals surface area contributed by atoms with Gasteiger partial charge in [0.15, 0.2) is 0 Å². The maximum Gasteiger partial charge on any atom is 0.116 e. The molecule has 0 atom stereocenters. The van der Waals surface area contributed by atoms with E-state index in [4.69, 9.17) is 11.6 Å². The SMILES string of the molecule is C=C/C=C(\C=C/C)C(/N)=C/N(N)c1cc(C=C)c(/C=C\C)c(C(=C)O)c1.CC.CC. The molecule has 1 aromatic carbocycles. The lowest BCUT2D eigenvalue weighted by molar-refractivity contribution is 0.513. The van der Waals surface area contributed by atoms with Gasteiger partial charge in [0, 0.05) is 11.8 Å². The standard InChI is InChI=1S/C22H27N3O.2C2H6/c1-6-10-18(11-7-2)22(23)15-25(24)19-13-17(9-4)20(12-8-3)21(14-19)16(5)26;2*1-2/h6-15,26H,1,4-5,23-24H2,2-3H3;2*1-2H3/b11-7-,12-8-,18-10+,22-15-;;. The topological polar surface area (TPSA) is 75.5 Å². The van der Waals surface area contributed by atoms with Crippen LogP contribution in [0.5, 0.6) is 0 Å². The first-order valence-electron chi connectivity index (χ1n) is 10.2. The summed E-state index contributed by atoms with van der Waals surface area (Å²) in [7, 11) is 0. The molecule has 164 valence electrons. The quantitative estimate of drug-likeness (QED) is 0.185. The number of benzene rings is 1. The van der Waals surface area contributed by atoms with E-state index in [-0.39, 0.29) is 5.76 Å². The Hall–Kier alpha value is -3.24. The highest BCUT2D eigenvalue weighted by Crippen LogP contribution is 2.29. The number of hydrogen-bond donors (Lipinski definition) is 3. The fraction of sp³-hybridized carbons (Fsp3) is 0.231. The summed E-state index contributed by atoms with van der Waals surface area (Å²) < 4.78 is 0. The van der Waals surface area contributed by atoms with Gasteiger partial charge in [0.2, 0.25) is 0 Å². The Morgan fingerprint density at radius 2 is 1.67 bits per heavy atom. The van der Waals surface area contributed by atoms with Gasteiger partial charge in [0.25, 0.3) is 0 Å². The second-order valence-corrected chi connectivity index (χ2v) is 5.50. The molecule has 30 heavy (non-hydrogen) atoms. The highest BCUT2D eigenvalue weighted by atomic mass is 16.3. The first kappa shape index (κ1) is 29.0. The minimum Gasteiger partial charge on any atom is -0.508 e. The molecule has 4 heteroatoms. The molecule has 1 aromatic rings. The Morgan fingerprint density at radius 3 is 2.10 bits per heavy atom. The molecule has 0 aliphatic carbocycles. The van der Waals surface area contributed by atoms with Gasteiger partial charge < -0.3 is 10.8 Å². The average molecular weight is 410 g/mol. The zero-order valence-corrected chi connectivity index (χ0v) is 19.4. The molecular weight excluding hydrogens is 370 g/mol. The second kappa shape index (κ2) is 16.7. The Bertz CT molecular complexity index is 812. The van der Waals surface area contributed by atoms with Gasteiger partial charge in [-0.25, -0.2) is 5.84 Å². The lowest BCUT2D eigenvalue weighted by atomic mass is 9.98. The molecule has 0 spiro atoms. The van der Waals surface area contributed by atoms with Crippen molar-refractivity contribution in [1.29, 1.82) is 0 Å². The van der Waals surface area contributed by atoms with Crippen molar-refractivity contribution in [3.63, 3.8) is 0 Å². The molecule has 5 N–H and O–H groups in total. The zero-order chi connectivity index (χ0) is 23.7. The molecule has 0 amide bonds. The molecule has 0 fully saturated rings. The fourth-order valence-corrected chi connectivity index (χ4v) is 2.42. The Morgan fingerprint density at radius 1 is 1.07 bits per heavy atom. The predicted molar refractivity (Wildman–Crippen MR) is 138 cm³/mol. The third-order valence-corrected chi connectivity index (χ3v) is 3.61. The highest BCUT2D eigenvalue weighted by Gasteiger charge is 2.12. The van der Waals surface area contributed by atoms with Crippen molar-refractivity contribution in [2.75, 3.05) is 5.01 Å². The van der Waals surface area contributed by atoms with Gasteiger partial charge in [-0.15, -0.1) is 0 Å². The van der Waals surface area contributed by atoms with Gasteiger partial charge in [-0.05, 0) is 42.7 Å². The summed E-state index contributed by atoms with van der Waals surface area (Å²) in [5.41, 5.74) is 10.3. The fourth-order valence-electron chi connectivity index (χ4n) is 2.42. The van der Waals surface area contributed by atoms with Crippen molar-refractivity contribution >= 4 is 23.6 Å². The molecule has 4 nitrogen and oxygen atoms in total. The number of allylic oxidation sites excluding steroid dienone is 5. The number of hydrogen-bond acceptors (Lipinski definition) is 4. The third kappa shape index (κ3) is 8.84. The third-order valence-electron chi connectivity index (χ3n) is 3.61. The molecule has 0 saturated heterocycles. The normalized spacial score (nSPS) is 11.3.